The summed E-state index contributed by atoms with van der Waals surface area (Å²) in [5.74, 6) is 0. The van der Waals surface area contributed by atoms with Crippen LogP contribution in [0.5, 0.6) is 0 Å². The number of hydrogen-bond acceptors (Lipinski definition) is 4. The second kappa shape index (κ2) is 5.17. The summed E-state index contributed by atoms with van der Waals surface area (Å²) in [7, 11) is 0. The van der Waals surface area contributed by atoms with Crippen LogP contribution >= 0.6 is 11.5 Å². The Morgan fingerprint density at radius 1 is 1.89 bits per heavy atom. The third-order valence-corrected chi connectivity index (χ3v) is 1.09. The van der Waals surface area contributed by atoms with Gasteiger partial charge in [0, 0.05) is 5.38 Å². The van der Waals surface area contributed by atoms with Crippen molar-refractivity contribution in [2.75, 3.05) is 0 Å². The predicted octanol–water partition coefficient (Wildman–Crippen LogP) is -0.0520. The topological polar surface area (TPSA) is 68.9 Å². The van der Waals surface area contributed by atoms with E-state index in [4.69, 9.17) is 4.79 Å². The van der Waals surface area contributed by atoms with Crippen molar-refractivity contribution >= 4 is 17.9 Å². The van der Waals surface area contributed by atoms with Crippen LogP contribution in [0.4, 0.5) is 0 Å². The van der Waals surface area contributed by atoms with Crippen LogP contribution < -0.4 is 5.73 Å². The first-order valence-corrected chi connectivity index (χ1v) is 3.04. The van der Waals surface area contributed by atoms with Crippen LogP contribution in [-0.2, 0) is 4.79 Å². The molecule has 0 aliphatic carbocycles. The number of carbonyl (C=O) groups is 1. The Kier molecular flexibility index (Phi) is 4.61. The molecule has 2 N–H and O–H groups in total. The molecule has 1 rings (SSSR count). The SMILES string of the molecule is Cc1csnn1.NC=O. The number of rotatable bonds is 0. The van der Waals surface area contributed by atoms with E-state index in [1.54, 1.807) is 0 Å². The van der Waals surface area contributed by atoms with Gasteiger partial charge in [-0.25, -0.2) is 0 Å². The average molecular weight is 145 g/mol. The fraction of sp³-hybridized carbons (Fsp3) is 0.250. The monoisotopic (exact) mass is 145 g/mol. The van der Waals surface area contributed by atoms with Crippen molar-refractivity contribution in [2.45, 2.75) is 6.92 Å². The molecule has 0 radical (unpaired) electrons. The molecule has 0 saturated heterocycles. The van der Waals surface area contributed by atoms with E-state index in [2.05, 4.69) is 15.3 Å². The zero-order valence-corrected chi connectivity index (χ0v) is 5.76. The molecule has 0 aliphatic rings. The zero-order chi connectivity index (χ0) is 7.11. The Morgan fingerprint density at radius 3 is 2.56 bits per heavy atom. The molecular weight excluding hydrogens is 138 g/mol. The number of aryl methyl sites for hydroxylation is 1. The quantitative estimate of drug-likeness (QED) is 0.520. The summed E-state index contributed by atoms with van der Waals surface area (Å²) in [4.78, 5) is 8.58. The van der Waals surface area contributed by atoms with Crippen molar-refractivity contribution in [1.29, 1.82) is 0 Å². The summed E-state index contributed by atoms with van der Waals surface area (Å²) in [6, 6.07) is 0. The highest BCUT2D eigenvalue weighted by atomic mass is 32.1. The zero-order valence-electron chi connectivity index (χ0n) is 4.94. The second-order valence-corrected chi connectivity index (χ2v) is 1.79. The average Bonchev–Trinajstić information content (AvgIpc) is 2.20. The first-order valence-electron chi connectivity index (χ1n) is 2.20. The summed E-state index contributed by atoms with van der Waals surface area (Å²) in [5, 5.41) is 5.59. The van der Waals surface area contributed by atoms with Gasteiger partial charge in [0.15, 0.2) is 0 Å². The first-order chi connectivity index (χ1) is 4.31. The molecule has 0 aliphatic heterocycles. The van der Waals surface area contributed by atoms with E-state index in [1.165, 1.54) is 11.5 Å². The number of hydrogen-bond donors (Lipinski definition) is 1. The minimum Gasteiger partial charge on any atom is -0.372 e. The fourth-order valence-electron chi connectivity index (χ4n) is 0.211. The van der Waals surface area contributed by atoms with Gasteiger partial charge >= 0.3 is 0 Å². The lowest BCUT2D eigenvalue weighted by molar-refractivity contribution is -0.106. The molecule has 0 atom stereocenters. The van der Waals surface area contributed by atoms with Gasteiger partial charge < -0.3 is 5.73 Å². The van der Waals surface area contributed by atoms with Crippen molar-refractivity contribution in [3.63, 3.8) is 0 Å². The highest BCUT2D eigenvalue weighted by Gasteiger charge is 1.78. The second-order valence-electron chi connectivity index (χ2n) is 1.18. The Labute approximate surface area is 56.9 Å². The summed E-state index contributed by atoms with van der Waals surface area (Å²) in [6.07, 6.45) is 0.250. The summed E-state index contributed by atoms with van der Waals surface area (Å²) >= 11 is 1.38. The van der Waals surface area contributed by atoms with Gasteiger partial charge in [0.1, 0.15) is 0 Å². The number of amides is 1. The molecule has 0 saturated carbocycles. The number of nitrogens with zero attached hydrogens (tertiary/aromatic N) is 2. The molecule has 4 nitrogen and oxygen atoms in total. The summed E-state index contributed by atoms with van der Waals surface area (Å²) < 4.78 is 3.61. The minimum atomic E-state index is 0.250. The van der Waals surface area contributed by atoms with Crippen LogP contribution in [0.1, 0.15) is 5.69 Å². The van der Waals surface area contributed by atoms with E-state index < -0.39 is 0 Å². The smallest absolute Gasteiger partial charge is 0.204 e. The Bertz CT molecular complexity index is 151. The maximum absolute atomic E-state index is 8.58. The molecule has 1 aromatic heterocycles. The van der Waals surface area contributed by atoms with E-state index in [0.29, 0.717) is 0 Å². The highest BCUT2D eigenvalue weighted by Crippen LogP contribution is 1.90. The fourth-order valence-corrected chi connectivity index (χ4v) is 0.634. The standard InChI is InChI=1S/C3H4N2S.CH3NO/c1-3-2-6-5-4-3;2-1-3/h2H,1H3;1H,(H2,2,3). The molecule has 0 spiro atoms. The number of nitrogens with two attached hydrogens (primary N) is 1. The number of primary amides is 1. The Morgan fingerprint density at radius 2 is 2.44 bits per heavy atom. The van der Waals surface area contributed by atoms with Gasteiger partial charge in [0.25, 0.3) is 0 Å². The Balaban J connectivity index is 0.000000187. The highest BCUT2D eigenvalue weighted by molar-refractivity contribution is 7.03. The minimum absolute atomic E-state index is 0.250. The molecule has 0 bridgehead atoms. The van der Waals surface area contributed by atoms with Crippen molar-refractivity contribution in [1.82, 2.24) is 9.59 Å². The normalized spacial score (nSPS) is 7.22. The van der Waals surface area contributed by atoms with Crippen LogP contribution in [0.3, 0.4) is 0 Å². The largest absolute Gasteiger partial charge is 0.372 e. The van der Waals surface area contributed by atoms with Crippen LogP contribution in [0.2, 0.25) is 0 Å². The van der Waals surface area contributed by atoms with Gasteiger partial charge in [0.05, 0.1) is 5.69 Å². The van der Waals surface area contributed by atoms with Crippen molar-refractivity contribution < 1.29 is 4.79 Å². The third kappa shape index (κ3) is 4.89. The van der Waals surface area contributed by atoms with Gasteiger partial charge in [-0.15, -0.1) is 5.10 Å². The lowest BCUT2D eigenvalue weighted by Crippen LogP contribution is -1.82. The molecule has 5 heteroatoms. The van der Waals surface area contributed by atoms with Crippen LogP contribution in [0, 0.1) is 6.92 Å². The maximum atomic E-state index is 8.58. The molecule has 0 fully saturated rings. The van der Waals surface area contributed by atoms with Gasteiger partial charge in [-0.3, -0.25) is 4.79 Å². The van der Waals surface area contributed by atoms with E-state index >= 15 is 0 Å². The molecule has 1 aromatic rings. The third-order valence-electron chi connectivity index (χ3n) is 0.469. The van der Waals surface area contributed by atoms with Crippen LogP contribution in [-0.4, -0.2) is 16.0 Å². The molecule has 9 heavy (non-hydrogen) atoms. The number of aromatic nitrogens is 2. The van der Waals surface area contributed by atoms with Crippen LogP contribution in [0.25, 0.3) is 0 Å². The lowest BCUT2D eigenvalue weighted by Gasteiger charge is -1.61. The van der Waals surface area contributed by atoms with E-state index in [0.717, 1.165) is 5.69 Å². The van der Waals surface area contributed by atoms with Crippen molar-refractivity contribution in [2.24, 2.45) is 5.73 Å². The number of carbonyl (C=O) groups excluding carboxylic acids is 1. The van der Waals surface area contributed by atoms with E-state index in [9.17, 15) is 0 Å². The first kappa shape index (κ1) is 8.03. The molecule has 1 heterocycles. The molecule has 50 valence electrons. The van der Waals surface area contributed by atoms with Crippen molar-refractivity contribution in [3.05, 3.63) is 11.1 Å². The van der Waals surface area contributed by atoms with Crippen molar-refractivity contribution in [3.8, 4) is 0 Å². The van der Waals surface area contributed by atoms with E-state index in [1.807, 2.05) is 12.3 Å². The van der Waals surface area contributed by atoms with E-state index in [-0.39, 0.29) is 6.41 Å². The Hall–Kier alpha value is -0.970. The molecular formula is C4H7N3OS. The molecule has 1 amide bonds. The predicted molar refractivity (Wildman–Crippen MR) is 34.9 cm³/mol. The summed E-state index contributed by atoms with van der Waals surface area (Å²) in [6.45, 7) is 1.92. The van der Waals surface area contributed by atoms with Gasteiger partial charge in [0.2, 0.25) is 6.41 Å². The molecule has 0 aromatic carbocycles. The molecule has 0 unspecified atom stereocenters. The van der Waals surface area contributed by atoms with Gasteiger partial charge in [-0.1, -0.05) is 4.49 Å². The maximum Gasteiger partial charge on any atom is 0.204 e. The summed E-state index contributed by atoms with van der Waals surface area (Å²) in [5.41, 5.74) is 5.17. The van der Waals surface area contributed by atoms with Crippen LogP contribution in [0.15, 0.2) is 5.38 Å². The lowest BCUT2D eigenvalue weighted by atomic mass is 10.6. The van der Waals surface area contributed by atoms with Gasteiger partial charge in [-0.05, 0) is 18.5 Å². The van der Waals surface area contributed by atoms with Gasteiger partial charge in [-0.2, -0.15) is 0 Å².